The highest BCUT2D eigenvalue weighted by Crippen LogP contribution is 2.30. The minimum atomic E-state index is -0.718. The van der Waals surface area contributed by atoms with Crippen LogP contribution in [0.4, 0.5) is 15.8 Å². The fourth-order valence-corrected chi connectivity index (χ4v) is 5.76. The van der Waals surface area contributed by atoms with Crippen molar-refractivity contribution in [2.75, 3.05) is 49.6 Å². The second-order valence-corrected chi connectivity index (χ2v) is 13.1. The first-order chi connectivity index (χ1) is 18.5. The van der Waals surface area contributed by atoms with Gasteiger partial charge in [0.2, 0.25) is 5.91 Å². The van der Waals surface area contributed by atoms with Crippen molar-refractivity contribution in [3.05, 3.63) is 45.4 Å². The molecule has 1 aliphatic heterocycles. The van der Waals surface area contributed by atoms with E-state index >= 15 is 4.39 Å². The fraction of sp³-hybridized carbons (Fsp3) is 0.536. The van der Waals surface area contributed by atoms with Crippen LogP contribution in [0.5, 0.6) is 0 Å². The Labute approximate surface area is 237 Å². The first-order valence-electron chi connectivity index (χ1n) is 13.3. The molecule has 4 rings (SSSR count). The number of ether oxygens (including phenoxy) is 1. The first-order valence-corrected chi connectivity index (χ1v) is 14.5. The highest BCUT2D eigenvalue weighted by Gasteiger charge is 2.33. The van der Waals surface area contributed by atoms with E-state index in [1.54, 1.807) is 18.2 Å². The Bertz CT molecular complexity index is 1200. The molecule has 0 radical (unpaired) electrons. The summed E-state index contributed by atoms with van der Waals surface area (Å²) in [5.74, 6) is -1.12. The molecule has 39 heavy (non-hydrogen) atoms. The van der Waals surface area contributed by atoms with Crippen LogP contribution in [0, 0.1) is 17.2 Å². The van der Waals surface area contributed by atoms with Gasteiger partial charge in [-0.3, -0.25) is 19.3 Å². The molecule has 0 bridgehead atoms. The molecule has 0 unspecified atom stereocenters. The SMILES string of the molecule is CC(C)(C)CN(CC1CCC1)[C@@H](CNC(=O)c1ccc(Cl)s1)C(=O)Nc1ccc(N2CCOCC2=O)cc1F. The summed E-state index contributed by atoms with van der Waals surface area (Å²) in [5, 5.41) is 5.63. The van der Waals surface area contributed by atoms with E-state index in [0.29, 0.717) is 40.5 Å². The molecule has 11 heteroatoms. The van der Waals surface area contributed by atoms with Gasteiger partial charge in [-0.25, -0.2) is 4.39 Å². The van der Waals surface area contributed by atoms with Crippen molar-refractivity contribution in [2.24, 2.45) is 11.3 Å². The van der Waals surface area contributed by atoms with E-state index in [1.165, 1.54) is 34.8 Å². The Balaban J connectivity index is 1.53. The molecule has 1 atom stereocenters. The van der Waals surface area contributed by atoms with Crippen LogP contribution in [0.1, 0.15) is 49.7 Å². The summed E-state index contributed by atoms with van der Waals surface area (Å²) in [5.41, 5.74) is 0.326. The number of morpholine rings is 1. The molecular formula is C28H36ClFN4O4S. The quantitative estimate of drug-likeness (QED) is 0.423. The zero-order chi connectivity index (χ0) is 28.2. The Morgan fingerprint density at radius 1 is 1.26 bits per heavy atom. The lowest BCUT2D eigenvalue weighted by Crippen LogP contribution is -2.54. The first kappa shape index (κ1) is 29.5. The van der Waals surface area contributed by atoms with Crippen molar-refractivity contribution >= 4 is 52.0 Å². The molecule has 1 aromatic carbocycles. The smallest absolute Gasteiger partial charge is 0.261 e. The summed E-state index contributed by atoms with van der Waals surface area (Å²) in [7, 11) is 0. The molecule has 1 aromatic heterocycles. The lowest BCUT2D eigenvalue weighted by molar-refractivity contribution is -0.125. The Morgan fingerprint density at radius 2 is 2.03 bits per heavy atom. The van der Waals surface area contributed by atoms with Crippen molar-refractivity contribution < 1.29 is 23.5 Å². The average Bonchev–Trinajstić information content (AvgIpc) is 3.28. The number of rotatable bonds is 10. The molecule has 2 aliphatic rings. The van der Waals surface area contributed by atoms with E-state index in [2.05, 4.69) is 36.3 Å². The van der Waals surface area contributed by atoms with Gasteiger partial charge in [0.1, 0.15) is 18.5 Å². The second kappa shape index (κ2) is 12.8. The van der Waals surface area contributed by atoms with E-state index in [9.17, 15) is 14.4 Å². The Morgan fingerprint density at radius 3 is 2.62 bits per heavy atom. The number of anilines is 2. The topological polar surface area (TPSA) is 91.0 Å². The van der Waals surface area contributed by atoms with Crippen molar-refractivity contribution in [3.8, 4) is 0 Å². The number of hydrogen-bond donors (Lipinski definition) is 2. The maximum Gasteiger partial charge on any atom is 0.261 e. The van der Waals surface area contributed by atoms with Gasteiger partial charge in [-0.2, -0.15) is 0 Å². The molecule has 1 aliphatic carbocycles. The summed E-state index contributed by atoms with van der Waals surface area (Å²) in [6, 6.07) is 6.91. The van der Waals surface area contributed by atoms with E-state index in [1.807, 2.05) is 0 Å². The molecule has 2 N–H and O–H groups in total. The highest BCUT2D eigenvalue weighted by molar-refractivity contribution is 7.18. The van der Waals surface area contributed by atoms with Crippen molar-refractivity contribution in [1.29, 1.82) is 0 Å². The molecule has 212 valence electrons. The maximum atomic E-state index is 15.2. The third-order valence-corrected chi connectivity index (χ3v) is 8.13. The molecule has 0 spiro atoms. The molecule has 2 fully saturated rings. The van der Waals surface area contributed by atoms with Crippen molar-refractivity contribution in [1.82, 2.24) is 10.2 Å². The van der Waals surface area contributed by atoms with Crippen LogP contribution in [0.3, 0.4) is 0 Å². The van der Waals surface area contributed by atoms with Crippen LogP contribution in [0.25, 0.3) is 0 Å². The van der Waals surface area contributed by atoms with Gasteiger partial charge >= 0.3 is 0 Å². The molecule has 1 saturated carbocycles. The summed E-state index contributed by atoms with van der Waals surface area (Å²) >= 11 is 7.17. The van der Waals surface area contributed by atoms with Crippen LogP contribution in [0.2, 0.25) is 4.34 Å². The molecule has 8 nitrogen and oxygen atoms in total. The lowest BCUT2D eigenvalue weighted by Gasteiger charge is -2.40. The number of carbonyl (C=O) groups is 3. The fourth-order valence-electron chi connectivity index (χ4n) is 4.80. The van der Waals surface area contributed by atoms with Crippen molar-refractivity contribution in [3.63, 3.8) is 0 Å². The summed E-state index contributed by atoms with van der Waals surface area (Å²) < 4.78 is 20.8. The lowest BCUT2D eigenvalue weighted by atomic mass is 9.84. The van der Waals surface area contributed by atoms with Crippen LogP contribution >= 0.6 is 22.9 Å². The van der Waals surface area contributed by atoms with Crippen LogP contribution < -0.4 is 15.5 Å². The third kappa shape index (κ3) is 8.00. The molecule has 3 amide bonds. The van der Waals surface area contributed by atoms with Gasteiger partial charge in [-0.15, -0.1) is 11.3 Å². The molecule has 2 heterocycles. The standard InChI is InChI=1S/C28H36ClFN4O4S/c1-28(2,3)17-33(15-18-5-4-6-18)22(14-31-27(37)23-9-10-24(29)39-23)26(36)32-21-8-7-19(13-20(21)30)34-11-12-38-16-25(34)35/h7-10,13,18,22H,4-6,11-12,14-17H2,1-3H3,(H,31,37)(H,32,36)/t22-/m0/s1. The van der Waals surface area contributed by atoms with Gasteiger partial charge in [0, 0.05) is 31.9 Å². The minimum absolute atomic E-state index is 0.0187. The zero-order valence-electron chi connectivity index (χ0n) is 22.6. The minimum Gasteiger partial charge on any atom is -0.370 e. The summed E-state index contributed by atoms with van der Waals surface area (Å²) in [6.07, 6.45) is 3.38. The number of nitrogens with one attached hydrogen (secondary N) is 2. The summed E-state index contributed by atoms with van der Waals surface area (Å²) in [6.45, 7) is 8.39. The van der Waals surface area contributed by atoms with Gasteiger partial charge in [0.25, 0.3) is 11.8 Å². The number of amides is 3. The zero-order valence-corrected chi connectivity index (χ0v) is 24.2. The van der Waals surface area contributed by atoms with E-state index in [0.717, 1.165) is 19.4 Å². The third-order valence-electron chi connectivity index (χ3n) is 6.90. The average molecular weight is 579 g/mol. The highest BCUT2D eigenvalue weighted by atomic mass is 35.5. The number of nitrogens with zero attached hydrogens (tertiary/aromatic N) is 2. The Hall–Kier alpha value is -2.53. The number of hydrogen-bond acceptors (Lipinski definition) is 6. The maximum absolute atomic E-state index is 15.2. The van der Waals surface area contributed by atoms with Gasteiger partial charge < -0.3 is 20.3 Å². The normalized spacial score (nSPS) is 17.2. The number of halogens is 2. The predicted octanol–water partition coefficient (Wildman–Crippen LogP) is 4.79. The van der Waals surface area contributed by atoms with Gasteiger partial charge in [0.15, 0.2) is 0 Å². The monoisotopic (exact) mass is 578 g/mol. The van der Waals surface area contributed by atoms with Gasteiger partial charge in [0.05, 0.1) is 21.5 Å². The van der Waals surface area contributed by atoms with Gasteiger partial charge in [-0.05, 0) is 54.5 Å². The van der Waals surface area contributed by atoms with E-state index < -0.39 is 17.8 Å². The van der Waals surface area contributed by atoms with Crippen LogP contribution in [-0.2, 0) is 14.3 Å². The largest absolute Gasteiger partial charge is 0.370 e. The number of thiophene rings is 1. The summed E-state index contributed by atoms with van der Waals surface area (Å²) in [4.78, 5) is 42.7. The van der Waals surface area contributed by atoms with Crippen LogP contribution in [-0.4, -0.2) is 68.1 Å². The molecular weight excluding hydrogens is 543 g/mol. The molecule has 1 saturated heterocycles. The van der Waals surface area contributed by atoms with E-state index in [4.69, 9.17) is 16.3 Å². The number of carbonyl (C=O) groups excluding carboxylic acids is 3. The predicted molar refractivity (Wildman–Crippen MR) is 152 cm³/mol. The molecule has 2 aromatic rings. The second-order valence-electron chi connectivity index (χ2n) is 11.4. The van der Waals surface area contributed by atoms with E-state index in [-0.39, 0.29) is 36.1 Å². The Kier molecular flexibility index (Phi) is 9.64. The number of benzene rings is 1. The van der Waals surface area contributed by atoms with Crippen molar-refractivity contribution in [2.45, 2.75) is 46.1 Å². The van der Waals surface area contributed by atoms with Gasteiger partial charge in [-0.1, -0.05) is 38.8 Å². The van der Waals surface area contributed by atoms with Crippen LogP contribution in [0.15, 0.2) is 30.3 Å².